The van der Waals surface area contributed by atoms with Crippen LogP contribution in [0.1, 0.15) is 12.8 Å². The number of nitrogens with two attached hydrogens (primary N) is 1. The van der Waals surface area contributed by atoms with Gasteiger partial charge in [0.25, 0.3) is 12.3 Å². The molecule has 96 valence electrons. The van der Waals surface area contributed by atoms with Gasteiger partial charge in [-0.25, -0.2) is 8.78 Å². The van der Waals surface area contributed by atoms with E-state index in [0.29, 0.717) is 0 Å². The second-order valence-corrected chi connectivity index (χ2v) is 3.50. The lowest BCUT2D eigenvalue weighted by atomic mass is 10.1. The second-order valence-electron chi connectivity index (χ2n) is 3.50. The van der Waals surface area contributed by atoms with Crippen LogP contribution < -0.4 is 5.73 Å². The van der Waals surface area contributed by atoms with E-state index in [1.165, 1.54) is 0 Å². The van der Waals surface area contributed by atoms with Crippen LogP contribution in [-0.2, 0) is 4.79 Å². The highest BCUT2D eigenvalue weighted by Gasteiger charge is 2.45. The van der Waals surface area contributed by atoms with Crippen molar-refractivity contribution in [1.29, 1.82) is 0 Å². The third kappa shape index (κ3) is 2.95. The van der Waals surface area contributed by atoms with Crippen LogP contribution in [-0.4, -0.2) is 35.7 Å². The van der Waals surface area contributed by atoms with E-state index < -0.39 is 48.3 Å². The van der Waals surface area contributed by atoms with Gasteiger partial charge in [0, 0.05) is 12.0 Å². The number of nitrogens with zero attached hydrogens (tertiary/aromatic N) is 1. The van der Waals surface area contributed by atoms with Crippen molar-refractivity contribution in [3.05, 3.63) is 11.3 Å². The Hall–Kier alpha value is -1.60. The van der Waals surface area contributed by atoms with E-state index in [9.17, 15) is 22.4 Å². The zero-order valence-corrected chi connectivity index (χ0v) is 8.59. The lowest BCUT2D eigenvalue weighted by molar-refractivity contribution is -0.135. The Morgan fingerprint density at radius 1 is 1.53 bits per heavy atom. The first-order valence-electron chi connectivity index (χ1n) is 4.67. The third-order valence-electron chi connectivity index (χ3n) is 2.28. The highest BCUT2D eigenvalue weighted by molar-refractivity contribution is 6.08. The summed E-state index contributed by atoms with van der Waals surface area (Å²) in [5.74, 6) is -4.82. The molecule has 1 fully saturated rings. The molecule has 0 spiro atoms. The fraction of sp³-hybridized carbons (Fsp3) is 0.556. The maximum atomic E-state index is 13.3. The fourth-order valence-corrected chi connectivity index (χ4v) is 1.51. The molecule has 1 saturated carbocycles. The summed E-state index contributed by atoms with van der Waals surface area (Å²) < 4.78 is 51.2. The van der Waals surface area contributed by atoms with Crippen LogP contribution in [0.3, 0.4) is 0 Å². The molecule has 0 bridgehead atoms. The molecule has 0 aliphatic heterocycles. The van der Waals surface area contributed by atoms with Gasteiger partial charge in [0.2, 0.25) is 0 Å². The molecular weight excluding hydrogens is 244 g/mol. The Morgan fingerprint density at radius 3 is 2.59 bits per heavy atom. The number of aliphatic carboxylic acids is 1. The number of aliphatic imine (C=N–C) groups is 1. The molecule has 0 radical (unpaired) electrons. The summed E-state index contributed by atoms with van der Waals surface area (Å²) in [6.45, 7) is -0.898. The van der Waals surface area contributed by atoms with Crippen molar-refractivity contribution in [2.24, 2.45) is 10.7 Å². The molecule has 8 heteroatoms. The smallest absolute Gasteiger partial charge is 0.325 e. The number of alkyl halides is 4. The summed E-state index contributed by atoms with van der Waals surface area (Å²) in [6.07, 6.45) is -4.08. The van der Waals surface area contributed by atoms with E-state index in [1.54, 1.807) is 0 Å². The first-order valence-corrected chi connectivity index (χ1v) is 4.67. The predicted molar refractivity (Wildman–Crippen MR) is 51.3 cm³/mol. The van der Waals surface area contributed by atoms with Gasteiger partial charge < -0.3 is 10.8 Å². The van der Waals surface area contributed by atoms with Crippen molar-refractivity contribution in [2.45, 2.75) is 25.2 Å². The number of allylic oxidation sites excluding steroid dienone is 2. The van der Waals surface area contributed by atoms with Gasteiger partial charge in [-0.05, 0) is 6.42 Å². The van der Waals surface area contributed by atoms with E-state index >= 15 is 0 Å². The third-order valence-corrected chi connectivity index (χ3v) is 2.28. The maximum Gasteiger partial charge on any atom is 0.325 e. The number of hydrogen-bond donors (Lipinski definition) is 2. The molecule has 1 rings (SSSR count). The van der Waals surface area contributed by atoms with Crippen LogP contribution in [0.15, 0.2) is 16.3 Å². The van der Waals surface area contributed by atoms with E-state index in [0.717, 1.165) is 0 Å². The molecular formula is C9H10F4N2O2. The normalized spacial score (nSPS) is 24.4. The highest BCUT2D eigenvalue weighted by atomic mass is 19.3. The van der Waals surface area contributed by atoms with E-state index in [1.807, 2.05) is 0 Å². The quantitative estimate of drug-likeness (QED) is 0.748. The first kappa shape index (κ1) is 13.5. The molecule has 0 aromatic rings. The Balaban J connectivity index is 3.13. The van der Waals surface area contributed by atoms with E-state index in [-0.39, 0.29) is 6.42 Å². The monoisotopic (exact) mass is 254 g/mol. The van der Waals surface area contributed by atoms with Gasteiger partial charge >= 0.3 is 5.97 Å². The molecule has 17 heavy (non-hydrogen) atoms. The molecule has 0 unspecified atom stereocenters. The van der Waals surface area contributed by atoms with Crippen molar-refractivity contribution >= 4 is 11.7 Å². The Morgan fingerprint density at radius 2 is 2.12 bits per heavy atom. The van der Waals surface area contributed by atoms with Crippen LogP contribution >= 0.6 is 0 Å². The topological polar surface area (TPSA) is 75.7 Å². The molecule has 0 saturated heterocycles. The van der Waals surface area contributed by atoms with Gasteiger partial charge in [-0.15, -0.1) is 0 Å². The fourth-order valence-electron chi connectivity index (χ4n) is 1.51. The number of rotatable bonds is 3. The van der Waals surface area contributed by atoms with Gasteiger partial charge in [0.05, 0.1) is 5.70 Å². The molecule has 1 aliphatic rings. The Labute approximate surface area is 93.8 Å². The van der Waals surface area contributed by atoms with Gasteiger partial charge in [-0.1, -0.05) is 0 Å². The summed E-state index contributed by atoms with van der Waals surface area (Å²) in [5.41, 5.74) is 2.67. The summed E-state index contributed by atoms with van der Waals surface area (Å²) in [4.78, 5) is 13.4. The standard InChI is InChI=1S/C9H10F4N2O2/c10-8(11)6(14)4-1-2-9(12,13)7(4)15-3-5(16)17/h8H,1-3,14H2,(H,16,17). The van der Waals surface area contributed by atoms with Crippen molar-refractivity contribution in [3.8, 4) is 0 Å². The number of halogens is 4. The minimum absolute atomic E-state index is 0.332. The first-order chi connectivity index (χ1) is 7.75. The van der Waals surface area contributed by atoms with Crippen molar-refractivity contribution in [2.75, 3.05) is 6.54 Å². The molecule has 1 aliphatic carbocycles. The summed E-state index contributed by atoms with van der Waals surface area (Å²) in [6, 6.07) is 0. The molecule has 0 heterocycles. The molecule has 0 aromatic heterocycles. The molecule has 4 nitrogen and oxygen atoms in total. The Kier molecular flexibility index (Phi) is 3.74. The largest absolute Gasteiger partial charge is 0.480 e. The van der Waals surface area contributed by atoms with Crippen LogP contribution in [0.25, 0.3) is 0 Å². The average Bonchev–Trinajstić information content (AvgIpc) is 2.49. The van der Waals surface area contributed by atoms with Crippen LogP contribution in [0.2, 0.25) is 0 Å². The summed E-state index contributed by atoms with van der Waals surface area (Å²) >= 11 is 0. The number of carboxylic acid groups (broad SMARTS) is 1. The van der Waals surface area contributed by atoms with E-state index in [4.69, 9.17) is 10.8 Å². The van der Waals surface area contributed by atoms with Gasteiger partial charge in [0.15, 0.2) is 0 Å². The lowest BCUT2D eigenvalue weighted by Crippen LogP contribution is -2.26. The highest BCUT2D eigenvalue weighted by Crippen LogP contribution is 2.37. The van der Waals surface area contributed by atoms with Crippen LogP contribution in [0, 0.1) is 0 Å². The minimum atomic E-state index is -3.40. The summed E-state index contributed by atoms with van der Waals surface area (Å²) in [7, 11) is 0. The SMILES string of the molecule is NC(=C1CCC(F)(F)C1=NCC(=O)O)C(F)F. The maximum absolute atomic E-state index is 13.3. The number of carboxylic acids is 1. The Bertz CT molecular complexity index is 390. The molecule has 3 N–H and O–H groups in total. The van der Waals surface area contributed by atoms with Gasteiger partial charge in [0.1, 0.15) is 12.3 Å². The van der Waals surface area contributed by atoms with Gasteiger partial charge in [-0.2, -0.15) is 8.78 Å². The van der Waals surface area contributed by atoms with Crippen molar-refractivity contribution < 1.29 is 27.5 Å². The summed E-state index contributed by atoms with van der Waals surface area (Å²) in [5, 5.41) is 8.33. The van der Waals surface area contributed by atoms with Crippen molar-refractivity contribution in [3.63, 3.8) is 0 Å². The van der Waals surface area contributed by atoms with E-state index in [2.05, 4.69) is 4.99 Å². The number of hydrogen-bond acceptors (Lipinski definition) is 3. The zero-order valence-electron chi connectivity index (χ0n) is 8.59. The minimum Gasteiger partial charge on any atom is -0.480 e. The van der Waals surface area contributed by atoms with Crippen LogP contribution in [0.5, 0.6) is 0 Å². The zero-order chi connectivity index (χ0) is 13.2. The molecule has 0 aromatic carbocycles. The number of carbonyl (C=O) groups is 1. The molecule has 0 amide bonds. The van der Waals surface area contributed by atoms with Crippen LogP contribution in [0.4, 0.5) is 17.6 Å². The van der Waals surface area contributed by atoms with Gasteiger partial charge in [-0.3, -0.25) is 9.79 Å². The predicted octanol–water partition coefficient (Wildman–Crippen LogP) is 1.42. The second kappa shape index (κ2) is 4.72. The molecule has 0 atom stereocenters. The van der Waals surface area contributed by atoms with Crippen molar-refractivity contribution in [1.82, 2.24) is 0 Å². The lowest BCUT2D eigenvalue weighted by Gasteiger charge is -2.11. The average molecular weight is 254 g/mol.